The van der Waals surface area contributed by atoms with E-state index in [9.17, 15) is 9.59 Å². The number of amides is 3. The molecule has 0 aromatic heterocycles. The van der Waals surface area contributed by atoms with Crippen molar-refractivity contribution >= 4 is 17.6 Å². The van der Waals surface area contributed by atoms with Crippen molar-refractivity contribution in [3.05, 3.63) is 60.2 Å². The summed E-state index contributed by atoms with van der Waals surface area (Å²) >= 11 is 0. The van der Waals surface area contributed by atoms with Crippen LogP contribution in [0.25, 0.3) is 0 Å². The van der Waals surface area contributed by atoms with Crippen LogP contribution in [-0.4, -0.2) is 56.8 Å². The molecule has 2 aliphatic heterocycles. The van der Waals surface area contributed by atoms with E-state index < -0.39 is 5.54 Å². The highest BCUT2D eigenvalue weighted by molar-refractivity contribution is 6.07. The van der Waals surface area contributed by atoms with Crippen LogP contribution < -0.4 is 19.9 Å². The van der Waals surface area contributed by atoms with Crippen molar-refractivity contribution in [1.29, 1.82) is 0 Å². The van der Waals surface area contributed by atoms with Gasteiger partial charge in [-0.15, -0.1) is 0 Å². The Labute approximate surface area is 170 Å². The van der Waals surface area contributed by atoms with Crippen molar-refractivity contribution in [2.45, 2.75) is 12.5 Å². The number of urea groups is 1. The van der Waals surface area contributed by atoms with Gasteiger partial charge in [0.2, 0.25) is 0 Å². The first-order valence-corrected chi connectivity index (χ1v) is 9.93. The minimum Gasteiger partial charge on any atom is -0.497 e. The van der Waals surface area contributed by atoms with Gasteiger partial charge in [0.15, 0.2) is 6.67 Å². The Morgan fingerprint density at radius 1 is 1.03 bits per heavy atom. The molecule has 1 atom stereocenters. The van der Waals surface area contributed by atoms with Gasteiger partial charge in [0.1, 0.15) is 11.3 Å². The lowest BCUT2D eigenvalue weighted by Crippen LogP contribution is -3.16. The Kier molecular flexibility index (Phi) is 5.15. The van der Waals surface area contributed by atoms with E-state index in [2.05, 4.69) is 22.3 Å². The Morgan fingerprint density at radius 3 is 2.31 bits per heavy atom. The lowest BCUT2D eigenvalue weighted by atomic mass is 9.92. The summed E-state index contributed by atoms with van der Waals surface area (Å²) in [7, 11) is 1.66. The molecular weight excluding hydrogens is 368 g/mol. The summed E-state index contributed by atoms with van der Waals surface area (Å²) in [6.07, 6.45) is 0. The van der Waals surface area contributed by atoms with E-state index in [1.165, 1.54) is 9.80 Å². The van der Waals surface area contributed by atoms with Crippen LogP contribution in [0.3, 0.4) is 0 Å². The topological polar surface area (TPSA) is 66.3 Å². The molecule has 4 rings (SSSR count). The van der Waals surface area contributed by atoms with Crippen LogP contribution in [0.1, 0.15) is 12.5 Å². The lowest BCUT2D eigenvalue weighted by Gasteiger charge is -2.34. The third-order valence-electron chi connectivity index (χ3n) is 5.92. The van der Waals surface area contributed by atoms with Crippen LogP contribution in [0.2, 0.25) is 0 Å². The molecule has 2 aromatic carbocycles. The van der Waals surface area contributed by atoms with Gasteiger partial charge in [-0.2, -0.15) is 0 Å². The van der Waals surface area contributed by atoms with E-state index in [-0.39, 0.29) is 11.9 Å². The number of hydrogen-bond donors (Lipinski definition) is 2. The molecule has 0 spiro atoms. The molecule has 3 amide bonds. The summed E-state index contributed by atoms with van der Waals surface area (Å²) in [5.74, 6) is 0.664. The average Bonchev–Trinajstić information content (AvgIpc) is 2.99. The van der Waals surface area contributed by atoms with Crippen LogP contribution in [0.15, 0.2) is 54.6 Å². The van der Waals surface area contributed by atoms with E-state index in [1.54, 1.807) is 14.0 Å². The van der Waals surface area contributed by atoms with Crippen LogP contribution >= 0.6 is 0 Å². The summed E-state index contributed by atoms with van der Waals surface area (Å²) in [5.41, 5.74) is 0.972. The van der Waals surface area contributed by atoms with Gasteiger partial charge in [0.05, 0.1) is 33.3 Å². The molecular formula is C22H27N4O3+. The van der Waals surface area contributed by atoms with Crippen molar-refractivity contribution in [2.24, 2.45) is 0 Å². The zero-order valence-corrected chi connectivity index (χ0v) is 16.9. The fraction of sp³-hybridized carbons (Fsp3) is 0.364. The van der Waals surface area contributed by atoms with E-state index in [0.717, 1.165) is 43.2 Å². The maximum atomic E-state index is 13.1. The van der Waals surface area contributed by atoms with Crippen molar-refractivity contribution in [3.8, 4) is 5.75 Å². The highest BCUT2D eigenvalue weighted by Crippen LogP contribution is 2.28. The SMILES string of the molecule is COc1ccc(N2CC[NH+](CN3C(=O)N[C@@](C)(c4ccccc4)C3=O)CC2)cc1. The summed E-state index contributed by atoms with van der Waals surface area (Å²) < 4.78 is 5.22. The van der Waals surface area contributed by atoms with Gasteiger partial charge in [-0.05, 0) is 36.8 Å². The number of benzene rings is 2. The number of hydrogen-bond acceptors (Lipinski definition) is 4. The number of imide groups is 1. The second-order valence-corrected chi connectivity index (χ2v) is 7.75. The molecule has 2 heterocycles. The van der Waals surface area contributed by atoms with Gasteiger partial charge in [0, 0.05) is 5.69 Å². The molecule has 0 unspecified atom stereocenters. The summed E-state index contributed by atoms with van der Waals surface area (Å²) in [5, 5.41) is 2.88. The number of rotatable bonds is 5. The zero-order valence-electron chi connectivity index (χ0n) is 16.9. The Hall–Kier alpha value is -3.06. The van der Waals surface area contributed by atoms with E-state index in [0.29, 0.717) is 6.67 Å². The van der Waals surface area contributed by atoms with Gasteiger partial charge >= 0.3 is 6.03 Å². The summed E-state index contributed by atoms with van der Waals surface area (Å²) in [6, 6.07) is 17.2. The van der Waals surface area contributed by atoms with E-state index in [4.69, 9.17) is 4.74 Å². The Morgan fingerprint density at radius 2 is 1.69 bits per heavy atom. The van der Waals surface area contributed by atoms with Gasteiger partial charge in [-0.3, -0.25) is 4.79 Å². The molecule has 152 valence electrons. The molecule has 0 aliphatic carbocycles. The fourth-order valence-corrected chi connectivity index (χ4v) is 4.06. The van der Waals surface area contributed by atoms with Crippen LogP contribution in [0, 0.1) is 0 Å². The standard InChI is InChI=1S/C22H26N4O3/c1-22(17-6-4-3-5-7-17)20(27)26(21(28)23-22)16-24-12-14-25(15-13-24)18-8-10-19(29-2)11-9-18/h3-11H,12-16H2,1-2H3,(H,23,28)/p+1/t22-/m0/s1. The second kappa shape index (κ2) is 7.75. The van der Waals surface area contributed by atoms with Crippen LogP contribution in [-0.2, 0) is 10.3 Å². The number of piperazine rings is 1. The maximum Gasteiger partial charge on any atom is 0.329 e. The first kappa shape index (κ1) is 19.3. The highest BCUT2D eigenvalue weighted by atomic mass is 16.5. The van der Waals surface area contributed by atoms with Crippen LogP contribution in [0.4, 0.5) is 10.5 Å². The van der Waals surface area contributed by atoms with E-state index >= 15 is 0 Å². The molecule has 29 heavy (non-hydrogen) atoms. The molecule has 2 aromatic rings. The normalized spacial score (nSPS) is 22.7. The van der Waals surface area contributed by atoms with Gasteiger partial charge < -0.3 is 19.9 Å². The molecule has 2 aliphatic rings. The first-order chi connectivity index (χ1) is 14.0. The van der Waals surface area contributed by atoms with Crippen molar-refractivity contribution in [3.63, 3.8) is 0 Å². The largest absolute Gasteiger partial charge is 0.497 e. The van der Waals surface area contributed by atoms with Crippen molar-refractivity contribution < 1.29 is 19.2 Å². The van der Waals surface area contributed by atoms with E-state index in [1.807, 2.05) is 42.5 Å². The molecule has 7 heteroatoms. The first-order valence-electron chi connectivity index (χ1n) is 9.93. The van der Waals surface area contributed by atoms with Crippen LogP contribution in [0.5, 0.6) is 5.75 Å². The lowest BCUT2D eigenvalue weighted by molar-refractivity contribution is -0.907. The van der Waals surface area contributed by atoms with Gasteiger partial charge in [-0.1, -0.05) is 30.3 Å². The number of nitrogens with zero attached hydrogens (tertiary/aromatic N) is 2. The number of quaternary nitrogens is 1. The fourth-order valence-electron chi connectivity index (χ4n) is 4.06. The summed E-state index contributed by atoms with van der Waals surface area (Å²) in [6.45, 7) is 5.65. The molecule has 2 N–H and O–H groups in total. The van der Waals surface area contributed by atoms with Gasteiger partial charge in [-0.25, -0.2) is 9.69 Å². The third-order valence-corrected chi connectivity index (χ3v) is 5.92. The number of ether oxygens (including phenoxy) is 1. The maximum absolute atomic E-state index is 13.1. The molecule has 7 nitrogen and oxygen atoms in total. The molecule has 0 saturated carbocycles. The number of nitrogens with one attached hydrogen (secondary N) is 2. The molecule has 0 radical (unpaired) electrons. The Balaban J connectivity index is 1.38. The number of carbonyl (C=O) groups is 2. The minimum absolute atomic E-state index is 0.182. The third kappa shape index (κ3) is 3.65. The monoisotopic (exact) mass is 395 g/mol. The quantitative estimate of drug-likeness (QED) is 0.736. The summed E-state index contributed by atoms with van der Waals surface area (Å²) in [4.78, 5) is 30.5. The van der Waals surface area contributed by atoms with Crippen molar-refractivity contribution in [2.75, 3.05) is 44.9 Å². The Bertz CT molecular complexity index is 879. The van der Waals surface area contributed by atoms with Gasteiger partial charge in [0.25, 0.3) is 5.91 Å². The number of anilines is 1. The number of carbonyl (C=O) groups excluding carboxylic acids is 2. The number of methoxy groups -OCH3 is 1. The molecule has 0 bridgehead atoms. The average molecular weight is 395 g/mol. The predicted molar refractivity (Wildman–Crippen MR) is 110 cm³/mol. The minimum atomic E-state index is -0.997. The smallest absolute Gasteiger partial charge is 0.329 e. The van der Waals surface area contributed by atoms with Crippen molar-refractivity contribution in [1.82, 2.24) is 10.2 Å². The zero-order chi connectivity index (χ0) is 20.4. The second-order valence-electron chi connectivity index (χ2n) is 7.75. The molecule has 2 fully saturated rings. The predicted octanol–water partition coefficient (Wildman–Crippen LogP) is 0.825. The molecule has 2 saturated heterocycles. The highest BCUT2D eigenvalue weighted by Gasteiger charge is 2.50.